The Morgan fingerprint density at radius 3 is 0.759 bits per heavy atom. The van der Waals surface area contributed by atoms with Crippen LogP contribution in [0.5, 0.6) is 0 Å². The molecule has 0 N–H and O–H groups in total. The Morgan fingerprint density at radius 2 is 0.519 bits per heavy atom. The topological polar surface area (TPSA) is 190 Å². The summed E-state index contributed by atoms with van der Waals surface area (Å²) in [4.78, 5) is 41.6. The van der Waals surface area contributed by atoms with Gasteiger partial charge in [-0.25, -0.2) is 14.4 Å². The van der Waals surface area contributed by atoms with Crippen LogP contribution in [0.3, 0.4) is 0 Å². The van der Waals surface area contributed by atoms with Gasteiger partial charge in [-0.3, -0.25) is 0 Å². The highest BCUT2D eigenvalue weighted by atomic mass is 16.8. The fourth-order valence-electron chi connectivity index (χ4n) is 8.19. The molecular formula is C36H54O18. The van der Waals surface area contributed by atoms with Crippen molar-refractivity contribution in [1.29, 1.82) is 0 Å². The summed E-state index contributed by atoms with van der Waals surface area (Å²) in [5, 5.41) is 0. The molecule has 0 amide bonds. The summed E-state index contributed by atoms with van der Waals surface area (Å²) >= 11 is 0. The molecule has 18 nitrogen and oxygen atoms in total. The zero-order valence-electron chi connectivity index (χ0n) is 32.9. The first-order valence-corrected chi connectivity index (χ1v) is 18.5. The maximum Gasteiger partial charge on any atom is 0.338 e. The summed E-state index contributed by atoms with van der Waals surface area (Å²) in [7, 11) is 0. The minimum Gasteiger partial charge on any atom is -0.461 e. The zero-order valence-corrected chi connectivity index (χ0v) is 32.9. The summed E-state index contributed by atoms with van der Waals surface area (Å²) in [6.45, 7) is 19.2. The third-order valence-electron chi connectivity index (χ3n) is 9.89. The fraction of sp³-hybridized carbons (Fsp3) is 0.917. The lowest BCUT2D eigenvalue weighted by Crippen LogP contribution is -2.49. The van der Waals surface area contributed by atoms with Crippen molar-refractivity contribution in [3.8, 4) is 0 Å². The van der Waals surface area contributed by atoms with E-state index in [2.05, 4.69) is 0 Å². The Labute approximate surface area is 314 Å². The Bertz CT molecular complexity index is 1300. The molecule has 7 aliphatic rings. The van der Waals surface area contributed by atoms with Crippen LogP contribution in [0.4, 0.5) is 0 Å². The number of hydrogen-bond acceptors (Lipinski definition) is 18. The van der Waals surface area contributed by atoms with Gasteiger partial charge in [-0.2, -0.15) is 0 Å². The highest BCUT2D eigenvalue weighted by Crippen LogP contribution is 2.43. The van der Waals surface area contributed by atoms with E-state index in [1.807, 2.05) is 0 Å². The van der Waals surface area contributed by atoms with Gasteiger partial charge in [0, 0.05) is 0 Å². The Hall–Kier alpha value is -2.07. The smallest absolute Gasteiger partial charge is 0.338 e. The number of cyclic esters (lactones) is 3. The van der Waals surface area contributed by atoms with E-state index in [1.54, 1.807) is 83.1 Å². The predicted molar refractivity (Wildman–Crippen MR) is 176 cm³/mol. The molecule has 0 unspecified atom stereocenters. The number of fused-ring (bicyclic) bond motifs is 9. The molecule has 0 aromatic heterocycles. The largest absolute Gasteiger partial charge is 0.461 e. The molecule has 0 aliphatic carbocycles. The second kappa shape index (κ2) is 13.5. The van der Waals surface area contributed by atoms with Crippen molar-refractivity contribution in [2.75, 3.05) is 19.8 Å². The molecule has 0 spiro atoms. The summed E-state index contributed by atoms with van der Waals surface area (Å²) in [5.41, 5.74) is 0. The maximum absolute atomic E-state index is 13.9. The lowest BCUT2D eigenvalue weighted by molar-refractivity contribution is -0.179. The van der Waals surface area contributed by atoms with E-state index in [4.69, 9.17) is 71.1 Å². The van der Waals surface area contributed by atoms with Crippen LogP contribution in [-0.2, 0) is 85.4 Å². The molecule has 7 rings (SSSR count). The first kappa shape index (κ1) is 40.1. The van der Waals surface area contributed by atoms with Gasteiger partial charge in [0.05, 0.1) is 0 Å². The molecule has 0 radical (unpaired) electrons. The average Bonchev–Trinajstić information content (AvgIpc) is 3.84. The van der Waals surface area contributed by atoms with E-state index in [1.165, 1.54) is 0 Å². The van der Waals surface area contributed by atoms with Crippen LogP contribution in [0.25, 0.3) is 0 Å². The van der Waals surface area contributed by atoms with Crippen LogP contribution in [0, 0.1) is 0 Å². The van der Waals surface area contributed by atoms with Gasteiger partial charge >= 0.3 is 17.9 Å². The van der Waals surface area contributed by atoms with Crippen molar-refractivity contribution < 1.29 is 85.4 Å². The van der Waals surface area contributed by atoms with Gasteiger partial charge in [0.2, 0.25) is 0 Å². The quantitative estimate of drug-likeness (QED) is 0.255. The lowest BCUT2D eigenvalue weighted by Gasteiger charge is -2.27. The van der Waals surface area contributed by atoms with Gasteiger partial charge in [0.15, 0.2) is 53.0 Å². The van der Waals surface area contributed by atoms with E-state index < -0.39 is 126 Å². The minimum atomic E-state index is -1.28. The second-order valence-electron chi connectivity index (χ2n) is 17.4. The zero-order chi connectivity index (χ0) is 39.4. The summed E-state index contributed by atoms with van der Waals surface area (Å²) in [5.74, 6) is -9.46. The fourth-order valence-corrected chi connectivity index (χ4v) is 8.19. The molecule has 12 atom stereocenters. The summed E-state index contributed by atoms with van der Waals surface area (Å²) < 4.78 is 91.7. The van der Waals surface area contributed by atoms with Crippen LogP contribution in [0.15, 0.2) is 0 Å². The first-order chi connectivity index (χ1) is 24.8. The lowest BCUT2D eigenvalue weighted by atomic mass is 10.0. The van der Waals surface area contributed by atoms with E-state index >= 15 is 0 Å². The highest BCUT2D eigenvalue weighted by molar-refractivity contribution is 5.77. The van der Waals surface area contributed by atoms with E-state index in [0.717, 1.165) is 0 Å². The molecular weight excluding hydrogens is 720 g/mol. The van der Waals surface area contributed by atoms with Gasteiger partial charge in [-0.05, 0) is 83.1 Å². The number of carbonyl (C=O) groups is 3. The third-order valence-corrected chi connectivity index (χ3v) is 9.89. The first-order valence-electron chi connectivity index (χ1n) is 18.5. The normalized spacial score (nSPS) is 45.0. The molecule has 7 saturated heterocycles. The van der Waals surface area contributed by atoms with Crippen LogP contribution in [0.2, 0.25) is 0 Å². The molecule has 306 valence electrons. The third kappa shape index (κ3) is 8.17. The molecule has 7 heterocycles. The molecule has 7 aliphatic heterocycles. The van der Waals surface area contributed by atoms with Gasteiger partial charge in [-0.1, -0.05) is 0 Å². The standard InChI is InChI=1S/C36H54O18/c1-31(2)43-16-13-40-29(38)26-23(50-35(9,10)53-26)20-18(45-33(5,6)47-20)15-42-30(39)27-24(51-36(11,12)54-27)21-17(44-32(3,4)48-21)14-41-28(37)25-22(19(16)46-31)49-34(7,8)52-25/h16-27H,13-15H2,1-12H3/t16-,17-,18-,19+,20+,21+,22+,23+,24+,25-,26-,27-/m1/s1. The molecule has 0 bridgehead atoms. The Morgan fingerprint density at radius 1 is 0.315 bits per heavy atom. The maximum atomic E-state index is 13.9. The average molecular weight is 775 g/mol. The molecule has 0 aromatic carbocycles. The summed E-state index contributed by atoms with van der Waals surface area (Å²) in [6.07, 6.45) is -12.5. The van der Waals surface area contributed by atoms with Gasteiger partial charge in [0.25, 0.3) is 0 Å². The summed E-state index contributed by atoms with van der Waals surface area (Å²) in [6, 6.07) is 0. The molecule has 0 aromatic rings. The van der Waals surface area contributed by atoms with E-state index in [-0.39, 0.29) is 19.8 Å². The van der Waals surface area contributed by atoms with Crippen molar-refractivity contribution in [1.82, 2.24) is 0 Å². The van der Waals surface area contributed by atoms with Gasteiger partial charge in [-0.15, -0.1) is 0 Å². The predicted octanol–water partition coefficient (Wildman–Crippen LogP) is 1.75. The van der Waals surface area contributed by atoms with Crippen LogP contribution in [-0.4, -0.2) is 146 Å². The minimum absolute atomic E-state index is 0.306. The SMILES string of the molecule is CC1(C)O[C@@H]2[C@@H]3OC(C)(C)O[C@H]3C(=O)OC[C@H]3OC(C)(C)O[C@@H]3[C@@H]3OC(C)(C)O[C@H]3C(=O)OC[C@H]3OC(C)(C)O[C@@H]3[C@@H]3OC(C)(C)O[C@H]3C(=O)OC[C@H]2O1. The van der Waals surface area contributed by atoms with Gasteiger partial charge < -0.3 is 71.1 Å². The van der Waals surface area contributed by atoms with Crippen molar-refractivity contribution in [3.05, 3.63) is 0 Å². The monoisotopic (exact) mass is 774 g/mol. The van der Waals surface area contributed by atoms with E-state index in [0.29, 0.717) is 0 Å². The van der Waals surface area contributed by atoms with Crippen molar-refractivity contribution in [2.45, 2.75) is 191 Å². The molecule has 7 fully saturated rings. The Kier molecular flexibility index (Phi) is 10.0. The van der Waals surface area contributed by atoms with Crippen molar-refractivity contribution in [2.24, 2.45) is 0 Å². The number of carbonyl (C=O) groups excluding carboxylic acids is 3. The van der Waals surface area contributed by atoms with Crippen LogP contribution < -0.4 is 0 Å². The number of ether oxygens (including phenoxy) is 15. The highest BCUT2D eigenvalue weighted by Gasteiger charge is 2.61. The molecule has 54 heavy (non-hydrogen) atoms. The molecule has 18 heteroatoms. The van der Waals surface area contributed by atoms with Crippen molar-refractivity contribution >= 4 is 17.9 Å². The second-order valence-corrected chi connectivity index (χ2v) is 17.4. The number of rotatable bonds is 0. The van der Waals surface area contributed by atoms with Gasteiger partial charge in [0.1, 0.15) is 74.8 Å². The van der Waals surface area contributed by atoms with Crippen LogP contribution in [0.1, 0.15) is 83.1 Å². The molecule has 0 saturated carbocycles. The van der Waals surface area contributed by atoms with Crippen molar-refractivity contribution in [3.63, 3.8) is 0 Å². The number of esters is 3. The Balaban J connectivity index is 1.23. The number of hydrogen-bond donors (Lipinski definition) is 0. The van der Waals surface area contributed by atoms with E-state index in [9.17, 15) is 14.4 Å². The van der Waals surface area contributed by atoms with Crippen LogP contribution >= 0.6 is 0 Å².